The number of likely N-dealkylation sites (tertiary alicyclic amines) is 1. The van der Waals surface area contributed by atoms with Crippen LogP contribution in [0.2, 0.25) is 0 Å². The third kappa shape index (κ3) is 2.40. The van der Waals surface area contributed by atoms with Crippen molar-refractivity contribution >= 4 is 0 Å². The number of rotatable bonds is 0. The maximum atomic E-state index is 2.24. The predicted molar refractivity (Wildman–Crippen MR) is 26.2 cm³/mol. The SMILES string of the molecule is CN1[CH-]CCC1.[Rh+2]. The third-order valence-corrected chi connectivity index (χ3v) is 1.16. The second-order valence-electron chi connectivity index (χ2n) is 1.81. The van der Waals surface area contributed by atoms with Gasteiger partial charge in [-0.25, -0.2) is 0 Å². The van der Waals surface area contributed by atoms with Crippen molar-refractivity contribution in [2.75, 3.05) is 13.6 Å². The Balaban J connectivity index is 0.000000360. The Morgan fingerprint density at radius 1 is 1.57 bits per heavy atom. The quantitative estimate of drug-likeness (QED) is 0.401. The zero-order valence-electron chi connectivity index (χ0n) is 4.48. The molecule has 0 atom stereocenters. The van der Waals surface area contributed by atoms with E-state index in [0.29, 0.717) is 0 Å². The van der Waals surface area contributed by atoms with Crippen molar-refractivity contribution in [1.29, 1.82) is 0 Å². The Labute approximate surface area is 57.8 Å². The van der Waals surface area contributed by atoms with E-state index in [1.807, 2.05) is 0 Å². The molecular formula is C5H10NRh+. The molecule has 0 aromatic rings. The van der Waals surface area contributed by atoms with Gasteiger partial charge >= 0.3 is 19.5 Å². The molecule has 2 heteroatoms. The summed E-state index contributed by atoms with van der Waals surface area (Å²) in [6.07, 6.45) is 2.65. The molecule has 0 unspecified atom stereocenters. The summed E-state index contributed by atoms with van der Waals surface area (Å²) in [5.41, 5.74) is 0. The average molecular weight is 187 g/mol. The van der Waals surface area contributed by atoms with Crippen LogP contribution in [0, 0.1) is 6.54 Å². The molecule has 1 fully saturated rings. The van der Waals surface area contributed by atoms with Crippen molar-refractivity contribution in [2.45, 2.75) is 12.8 Å². The van der Waals surface area contributed by atoms with E-state index in [1.165, 1.54) is 19.4 Å². The minimum Gasteiger partial charge on any atom is -0.459 e. The maximum absolute atomic E-state index is 2.24. The summed E-state index contributed by atoms with van der Waals surface area (Å²) in [6.45, 7) is 3.50. The Kier molecular flexibility index (Phi) is 3.87. The van der Waals surface area contributed by atoms with E-state index in [2.05, 4.69) is 18.5 Å². The average Bonchev–Trinajstić information content (AvgIpc) is 1.86. The number of nitrogens with zero attached hydrogens (tertiary/aromatic N) is 1. The van der Waals surface area contributed by atoms with E-state index in [9.17, 15) is 0 Å². The monoisotopic (exact) mass is 187 g/mol. The van der Waals surface area contributed by atoms with Gasteiger partial charge < -0.3 is 4.90 Å². The summed E-state index contributed by atoms with van der Waals surface area (Å²) in [7, 11) is 2.12. The molecule has 0 spiro atoms. The van der Waals surface area contributed by atoms with E-state index in [0.717, 1.165) is 0 Å². The topological polar surface area (TPSA) is 3.24 Å². The molecule has 0 N–H and O–H groups in total. The summed E-state index contributed by atoms with van der Waals surface area (Å²) in [6, 6.07) is 0. The van der Waals surface area contributed by atoms with Crippen molar-refractivity contribution in [3.05, 3.63) is 6.54 Å². The number of hydrogen-bond acceptors (Lipinski definition) is 1. The Morgan fingerprint density at radius 2 is 2.29 bits per heavy atom. The van der Waals surface area contributed by atoms with Crippen LogP contribution in [-0.4, -0.2) is 18.5 Å². The first-order chi connectivity index (χ1) is 2.89. The third-order valence-electron chi connectivity index (χ3n) is 1.16. The molecule has 1 saturated heterocycles. The minimum atomic E-state index is 0. The molecule has 0 aromatic heterocycles. The molecular weight excluding hydrogens is 177 g/mol. The summed E-state index contributed by atoms with van der Waals surface area (Å²) in [5.74, 6) is 0. The van der Waals surface area contributed by atoms with Crippen LogP contribution in [0.15, 0.2) is 0 Å². The fourth-order valence-electron chi connectivity index (χ4n) is 0.744. The molecule has 0 aliphatic carbocycles. The molecule has 1 radical (unpaired) electrons. The van der Waals surface area contributed by atoms with Crippen LogP contribution in [-0.2, 0) is 19.5 Å². The molecule has 43 valence electrons. The van der Waals surface area contributed by atoms with Gasteiger partial charge in [0.25, 0.3) is 0 Å². The fourth-order valence-corrected chi connectivity index (χ4v) is 0.744. The second kappa shape index (κ2) is 3.57. The second-order valence-corrected chi connectivity index (χ2v) is 1.81. The largest absolute Gasteiger partial charge is 2.00 e. The molecule has 1 nitrogen and oxygen atoms in total. The first-order valence-electron chi connectivity index (χ1n) is 2.43. The van der Waals surface area contributed by atoms with Crippen molar-refractivity contribution < 1.29 is 19.5 Å². The molecule has 1 heterocycles. The van der Waals surface area contributed by atoms with Gasteiger partial charge in [-0.2, -0.15) is 6.42 Å². The van der Waals surface area contributed by atoms with Crippen LogP contribution in [0.3, 0.4) is 0 Å². The van der Waals surface area contributed by atoms with Gasteiger partial charge in [0.05, 0.1) is 0 Å². The number of hydrogen-bond donors (Lipinski definition) is 0. The molecule has 7 heavy (non-hydrogen) atoms. The minimum absolute atomic E-state index is 0. The van der Waals surface area contributed by atoms with Gasteiger partial charge in [-0.1, -0.05) is 6.42 Å². The Bertz CT molecular complexity index is 41.3. The summed E-state index contributed by atoms with van der Waals surface area (Å²) in [4.78, 5) is 2.24. The molecule has 0 amide bonds. The smallest absolute Gasteiger partial charge is 0.459 e. The van der Waals surface area contributed by atoms with Crippen LogP contribution >= 0.6 is 0 Å². The van der Waals surface area contributed by atoms with Crippen LogP contribution in [0.1, 0.15) is 12.8 Å². The molecule has 0 bridgehead atoms. The predicted octanol–water partition coefficient (Wildman–Crippen LogP) is 0.871. The van der Waals surface area contributed by atoms with E-state index in [1.54, 1.807) is 0 Å². The summed E-state index contributed by atoms with van der Waals surface area (Å²) >= 11 is 0. The van der Waals surface area contributed by atoms with E-state index < -0.39 is 0 Å². The van der Waals surface area contributed by atoms with E-state index in [-0.39, 0.29) is 19.5 Å². The van der Waals surface area contributed by atoms with Crippen molar-refractivity contribution in [3.63, 3.8) is 0 Å². The van der Waals surface area contributed by atoms with Gasteiger partial charge in [0.15, 0.2) is 0 Å². The summed E-state index contributed by atoms with van der Waals surface area (Å²) in [5, 5.41) is 0. The molecule has 1 aliphatic heterocycles. The van der Waals surface area contributed by atoms with Crippen LogP contribution in [0.4, 0.5) is 0 Å². The maximum Gasteiger partial charge on any atom is 2.00 e. The summed E-state index contributed by atoms with van der Waals surface area (Å²) < 4.78 is 0. The molecule has 0 aromatic carbocycles. The Morgan fingerprint density at radius 3 is 2.43 bits per heavy atom. The van der Waals surface area contributed by atoms with Gasteiger partial charge in [-0.05, 0) is 13.6 Å². The van der Waals surface area contributed by atoms with Gasteiger partial charge in [0, 0.05) is 0 Å². The van der Waals surface area contributed by atoms with Crippen LogP contribution in [0.25, 0.3) is 0 Å². The molecule has 1 rings (SSSR count). The normalized spacial score (nSPS) is 21.9. The van der Waals surface area contributed by atoms with E-state index >= 15 is 0 Å². The zero-order chi connectivity index (χ0) is 4.41. The van der Waals surface area contributed by atoms with Crippen molar-refractivity contribution in [2.24, 2.45) is 0 Å². The van der Waals surface area contributed by atoms with Crippen LogP contribution < -0.4 is 0 Å². The van der Waals surface area contributed by atoms with Gasteiger partial charge in [-0.15, -0.1) is 0 Å². The van der Waals surface area contributed by atoms with Gasteiger partial charge in [0.1, 0.15) is 0 Å². The van der Waals surface area contributed by atoms with Crippen molar-refractivity contribution in [3.8, 4) is 0 Å². The van der Waals surface area contributed by atoms with E-state index in [4.69, 9.17) is 0 Å². The Hall–Kier alpha value is 0.583. The van der Waals surface area contributed by atoms with Gasteiger partial charge in [-0.3, -0.25) is 6.54 Å². The van der Waals surface area contributed by atoms with Gasteiger partial charge in [0.2, 0.25) is 0 Å². The first kappa shape index (κ1) is 7.58. The van der Waals surface area contributed by atoms with Crippen LogP contribution in [0.5, 0.6) is 0 Å². The molecule has 0 saturated carbocycles. The fraction of sp³-hybridized carbons (Fsp3) is 0.800. The standard InChI is InChI=1S/C5H10N.Rh/c1-6-4-2-3-5-6;/h4H,2-3,5H2,1H3;/q-1;+2. The zero-order valence-corrected chi connectivity index (χ0v) is 6.12. The van der Waals surface area contributed by atoms with Crippen molar-refractivity contribution in [1.82, 2.24) is 4.90 Å². The first-order valence-corrected chi connectivity index (χ1v) is 2.43. The molecule has 1 aliphatic rings.